The molecule has 0 unspecified atom stereocenters. The van der Waals surface area contributed by atoms with E-state index >= 15 is 0 Å². The first-order valence-electron chi connectivity index (χ1n) is 4.79. The van der Waals surface area contributed by atoms with E-state index in [-0.39, 0.29) is 5.75 Å². The number of carboxylic acids is 1. The minimum atomic E-state index is -1.17. The van der Waals surface area contributed by atoms with Crippen LogP contribution in [-0.2, 0) is 6.22 Å². The Morgan fingerprint density at radius 2 is 1.27 bits per heavy atom. The third kappa shape index (κ3) is 4.60. The normalized spacial score (nSPS) is 15.0. The number of alkyl halides is 3. The van der Waals surface area contributed by atoms with Crippen molar-refractivity contribution in [3.05, 3.63) is 19.8 Å². The highest BCUT2D eigenvalue weighted by molar-refractivity contribution is 14.2. The molecule has 1 rings (SSSR count). The van der Waals surface area contributed by atoms with Gasteiger partial charge in [0, 0.05) is 58.4 Å². The largest absolute Gasteiger partial charge is 0.506 e. The number of nitrogens with zero attached hydrogens (tertiary/aromatic N) is 1. The molecule has 0 aliphatic carbocycles. The summed E-state index contributed by atoms with van der Waals surface area (Å²) >= 11 is 18.9. The molecule has 0 saturated carbocycles. The van der Waals surface area contributed by atoms with Crippen LogP contribution >= 0.6 is 204 Å². The summed E-state index contributed by atoms with van der Waals surface area (Å²) in [4.78, 5) is 12.0. The van der Waals surface area contributed by atoms with Crippen LogP contribution in [0.15, 0.2) is 0 Å². The zero-order valence-electron chi connectivity index (χ0n) is 9.65. The number of benzene rings is 1. The van der Waals surface area contributed by atoms with E-state index in [0.717, 1.165) is 19.8 Å². The van der Waals surface area contributed by atoms with Crippen molar-refractivity contribution in [2.75, 3.05) is 0 Å². The molecule has 2 N–H and O–H groups in total. The van der Waals surface area contributed by atoms with Crippen LogP contribution in [0.2, 0.25) is 0 Å². The number of aromatic hydroxyl groups is 1. The quantitative estimate of drug-likeness (QED) is 0.112. The Bertz CT molecular complexity index is 606. The van der Waals surface area contributed by atoms with Crippen LogP contribution in [-0.4, -0.2) is 21.1 Å². The maximum atomic E-state index is 12.0. The zero-order chi connectivity index (χ0) is 17.6. The van der Waals surface area contributed by atoms with E-state index in [4.69, 9.17) is 0 Å². The Kier molecular flexibility index (Phi) is 11.0. The fraction of sp³-hybridized carbons (Fsp3) is 0.222. The molecule has 0 aliphatic rings. The molecule has 0 radical (unpaired) electrons. The van der Waals surface area contributed by atoms with Gasteiger partial charge < -0.3 is 10.2 Å². The highest BCUT2D eigenvalue weighted by Gasteiger charge is 2.59. The second-order valence-corrected chi connectivity index (χ2v) is 18.7. The Morgan fingerprint density at radius 3 is 1.55 bits per heavy atom. The maximum Gasteiger partial charge on any atom is 0.338 e. The Hall–Kier alpha value is 5.02. The lowest BCUT2D eigenvalue weighted by Crippen LogP contribution is -2.51. The number of hydrogen-bond donors (Lipinski definition) is 2. The first-order chi connectivity index (χ1) is 9.81. The average molecular weight is 1310 g/mol. The molecule has 0 aliphatic heterocycles. The fourth-order valence-electron chi connectivity index (χ4n) is 1.37. The third-order valence-corrected chi connectivity index (χ3v) is 18.6. The van der Waals surface area contributed by atoms with Gasteiger partial charge in [0.15, 0.2) is 0 Å². The molecule has 0 saturated heterocycles. The molecule has 0 bridgehead atoms. The Balaban J connectivity index is 3.84. The van der Waals surface area contributed by atoms with E-state index in [1.54, 1.807) is 1.33 Å². The predicted octanol–water partition coefficient (Wildman–Crippen LogP) is 7.05. The molecule has 22 heavy (non-hydrogen) atoms. The molecule has 13 heteroatoms. The number of carbonyl (C=O) groups is 1. The van der Waals surface area contributed by atoms with Crippen LogP contribution in [0.1, 0.15) is 5.56 Å². The van der Waals surface area contributed by atoms with Gasteiger partial charge in [0.05, 0.1) is 7.14 Å². The minimum Gasteiger partial charge on any atom is -0.506 e. The summed E-state index contributed by atoms with van der Waals surface area (Å²) in [5.41, 5.74) is 0.914. The van der Waals surface area contributed by atoms with Gasteiger partial charge in [-0.1, -0.05) is 45.2 Å². The predicted molar refractivity (Wildman–Crippen MR) is 163 cm³/mol. The summed E-state index contributed by atoms with van der Waals surface area (Å²) in [6.45, 7) is 0. The molecule has 0 aromatic heterocycles. The van der Waals surface area contributed by atoms with Crippen LogP contribution in [0.3, 0.4) is 0 Å². The highest BCUT2D eigenvalue weighted by Crippen LogP contribution is 2.59. The molecule has 0 heterocycles. The third-order valence-electron chi connectivity index (χ3n) is 2.49. The zero-order valence-corrected chi connectivity index (χ0v) is 29.1. The Morgan fingerprint density at radius 1 is 0.909 bits per heavy atom. The van der Waals surface area contributed by atoms with E-state index in [2.05, 4.69) is 136 Å². The second kappa shape index (κ2) is 9.68. The van der Waals surface area contributed by atoms with Crippen molar-refractivity contribution in [3.8, 4) is 5.75 Å². The first kappa shape index (κ1) is 25.1. The van der Waals surface area contributed by atoms with Gasteiger partial charge in [-0.15, -0.1) is 0 Å². The van der Waals surface area contributed by atoms with Crippen LogP contribution in [0.4, 0.5) is 0 Å². The van der Waals surface area contributed by atoms with Crippen molar-refractivity contribution in [2.24, 2.45) is 0 Å². The topological polar surface area (TPSA) is 60.8 Å². The van der Waals surface area contributed by atoms with E-state index in [1.165, 1.54) is 0 Å². The first-order valence-corrected chi connectivity index (χ1v) is 14.3. The molecule has 1 atom stereocenters. The van der Waals surface area contributed by atoms with Crippen LogP contribution in [0.25, 0.3) is 0 Å². The molecule has 1 aromatic rings. The number of aliphatic carboxylic acids is 1. The summed E-state index contributed by atoms with van der Waals surface area (Å²) in [5.74, 6) is -0.664. The smallest absolute Gasteiger partial charge is 0.338 e. The molecule has 0 amide bonds. The number of phenolic OH excluding ortho intramolecular Hbond substituents is 1. The molecular weight excluding hydrogens is 1310 g/mol. The van der Waals surface area contributed by atoms with Crippen LogP contribution < -0.4 is 0 Å². The van der Waals surface area contributed by atoms with Crippen molar-refractivity contribution in [1.82, 2.24) is 1.33 Å². The van der Waals surface area contributed by atoms with Gasteiger partial charge >= 0.3 is 5.97 Å². The number of phenols is 1. The van der Waals surface area contributed by atoms with Crippen LogP contribution in [0.5, 0.6) is 5.75 Å². The van der Waals surface area contributed by atoms with E-state index < -0.39 is 10.9 Å². The average Bonchev–Trinajstić information content (AvgIpc) is 2.41. The number of rotatable bonds is 4. The van der Waals surface area contributed by atoms with Crippen molar-refractivity contribution in [2.45, 2.75) is 4.97 Å². The van der Waals surface area contributed by atoms with Gasteiger partial charge in [0.1, 0.15) is 7.18 Å². The van der Waals surface area contributed by atoms with E-state index in [1.807, 2.05) is 68.3 Å². The highest BCUT2D eigenvalue weighted by atomic mass is 127. The summed E-state index contributed by atoms with van der Waals surface area (Å²) in [7, 11) is 0. The number of carboxylic acid groups (broad SMARTS) is 1. The van der Waals surface area contributed by atoms with Gasteiger partial charge in [0.25, 0.3) is 0 Å². The standard InChI is InChI=1S/C9H2I9NO3/c10-2-1(3(11)5(13)6(20)4(2)12)8(14,15)9(16,7(21)22)19(17)18/h20H,(H,21,22)/t9-/m1/s1. The molecule has 4 nitrogen and oxygen atoms in total. The summed E-state index contributed by atoms with van der Waals surface area (Å²) in [5, 5.41) is 20.1. The fourth-order valence-corrected chi connectivity index (χ4v) is 12.7. The van der Waals surface area contributed by atoms with Gasteiger partial charge in [-0.25, -0.2) is 4.79 Å². The van der Waals surface area contributed by atoms with Crippen LogP contribution in [0, 0.1) is 14.3 Å². The SMILES string of the molecule is O=C(O)[C@@](I)(N(I)I)C(I)(I)c1c(I)c(I)c(O)c(I)c1I. The maximum absolute atomic E-state index is 12.0. The lowest BCUT2D eigenvalue weighted by Gasteiger charge is -2.39. The van der Waals surface area contributed by atoms with E-state index in [0.29, 0.717) is 0 Å². The molecule has 1 aromatic carbocycles. The van der Waals surface area contributed by atoms with Crippen molar-refractivity contribution < 1.29 is 15.0 Å². The molecule has 124 valence electrons. The number of hydrogen-bond acceptors (Lipinski definition) is 3. The van der Waals surface area contributed by atoms with Crippen molar-refractivity contribution in [1.29, 1.82) is 0 Å². The summed E-state index contributed by atoms with van der Waals surface area (Å²) in [6, 6.07) is 0. The molecule has 0 spiro atoms. The molecular formula is C9H2I9NO3. The van der Waals surface area contributed by atoms with Gasteiger partial charge in [-0.3, -0.25) is 0 Å². The van der Waals surface area contributed by atoms with Gasteiger partial charge in [0.2, 0.25) is 3.55 Å². The van der Waals surface area contributed by atoms with Gasteiger partial charge in [-0.05, 0) is 113 Å². The summed E-state index contributed by atoms with van der Waals surface area (Å²) < 4.78 is 2.97. The minimum absolute atomic E-state index is 0.248. The Labute approximate surface area is 250 Å². The van der Waals surface area contributed by atoms with Crippen molar-refractivity contribution >= 4 is 210 Å². The molecule has 0 fully saturated rings. The lowest BCUT2D eigenvalue weighted by molar-refractivity contribution is -0.140. The number of halogens is 9. The van der Waals surface area contributed by atoms with E-state index in [9.17, 15) is 15.0 Å². The summed E-state index contributed by atoms with van der Waals surface area (Å²) in [6.07, 6.45) is 0. The van der Waals surface area contributed by atoms with Gasteiger partial charge in [-0.2, -0.15) is 1.33 Å². The second-order valence-electron chi connectivity index (χ2n) is 3.71. The van der Waals surface area contributed by atoms with Crippen molar-refractivity contribution in [3.63, 3.8) is 0 Å². The lowest BCUT2D eigenvalue weighted by atomic mass is 10.1. The monoisotopic (exact) mass is 1310 g/mol.